The topological polar surface area (TPSA) is 49.6 Å². The van der Waals surface area contributed by atoms with Gasteiger partial charge in [-0.25, -0.2) is 4.39 Å². The highest BCUT2D eigenvalue weighted by Gasteiger charge is 2.33. The van der Waals surface area contributed by atoms with Crippen molar-refractivity contribution in [2.75, 3.05) is 31.1 Å². The maximum atomic E-state index is 13.3. The number of rotatable bonds is 2. The molecule has 1 amide bonds. The Morgan fingerprint density at radius 2 is 1.93 bits per heavy atom. The molecule has 27 heavy (non-hydrogen) atoms. The molecule has 1 atom stereocenters. The highest BCUT2D eigenvalue weighted by atomic mass is 19.1. The van der Waals surface area contributed by atoms with Gasteiger partial charge in [0.15, 0.2) is 11.4 Å². The first kappa shape index (κ1) is 16.3. The highest BCUT2D eigenvalue weighted by molar-refractivity contribution is 5.89. The van der Waals surface area contributed by atoms with Crippen LogP contribution in [0, 0.1) is 5.82 Å². The van der Waals surface area contributed by atoms with Gasteiger partial charge in [-0.15, -0.1) is 0 Å². The quantitative estimate of drug-likeness (QED) is 0.699. The minimum atomic E-state index is -0.336. The molecule has 0 radical (unpaired) electrons. The summed E-state index contributed by atoms with van der Waals surface area (Å²) in [5.41, 5.74) is 2.94. The van der Waals surface area contributed by atoms with E-state index in [0.717, 1.165) is 24.0 Å². The monoisotopic (exact) mass is 365 g/mol. The van der Waals surface area contributed by atoms with Gasteiger partial charge in [-0.05, 0) is 36.1 Å². The lowest BCUT2D eigenvalue weighted by Crippen LogP contribution is -2.50. The Balaban J connectivity index is 1.29. The van der Waals surface area contributed by atoms with Crippen molar-refractivity contribution < 1.29 is 13.7 Å². The van der Waals surface area contributed by atoms with E-state index in [1.54, 1.807) is 6.07 Å². The van der Waals surface area contributed by atoms with Crippen LogP contribution in [0.4, 0.5) is 10.2 Å². The van der Waals surface area contributed by atoms with Crippen LogP contribution in [-0.2, 0) is 11.2 Å². The summed E-state index contributed by atoms with van der Waals surface area (Å²) in [5.74, 6) is 0.607. The highest BCUT2D eigenvalue weighted by Crippen LogP contribution is 2.35. The summed E-state index contributed by atoms with van der Waals surface area (Å²) in [6, 6.07) is 12.7. The molecule has 1 aromatic heterocycles. The molecule has 2 heterocycles. The predicted octanol–water partition coefficient (Wildman–Crippen LogP) is 3.35. The van der Waals surface area contributed by atoms with Crippen LogP contribution in [0.1, 0.15) is 23.5 Å². The normalized spacial score (nSPS) is 19.5. The SMILES string of the molecule is O=C([C@@H]1CCc2ccccc21)N1CCN(c2noc3cc(F)ccc23)CC1. The van der Waals surface area contributed by atoms with E-state index >= 15 is 0 Å². The van der Waals surface area contributed by atoms with E-state index in [2.05, 4.69) is 22.2 Å². The third kappa shape index (κ3) is 2.76. The number of carbonyl (C=O) groups is 1. The Morgan fingerprint density at radius 3 is 2.78 bits per heavy atom. The Labute approximate surface area is 156 Å². The number of nitrogens with zero attached hydrogens (tertiary/aromatic N) is 3. The van der Waals surface area contributed by atoms with Gasteiger partial charge in [-0.2, -0.15) is 0 Å². The smallest absolute Gasteiger partial charge is 0.230 e. The van der Waals surface area contributed by atoms with Crippen molar-refractivity contribution >= 4 is 22.7 Å². The Morgan fingerprint density at radius 1 is 1.11 bits per heavy atom. The molecule has 138 valence electrons. The average Bonchev–Trinajstić information content (AvgIpc) is 3.31. The van der Waals surface area contributed by atoms with Crippen LogP contribution in [0.5, 0.6) is 0 Å². The molecular formula is C21H20FN3O2. The molecule has 6 heteroatoms. The second-order valence-electron chi connectivity index (χ2n) is 7.25. The Bertz CT molecular complexity index is 1010. The number of benzene rings is 2. The number of piperazine rings is 1. The minimum Gasteiger partial charge on any atom is -0.354 e. The lowest BCUT2D eigenvalue weighted by Gasteiger charge is -2.36. The molecule has 1 saturated heterocycles. The number of amides is 1. The van der Waals surface area contributed by atoms with Crippen molar-refractivity contribution in [3.63, 3.8) is 0 Å². The Hall–Kier alpha value is -2.89. The van der Waals surface area contributed by atoms with Crippen LogP contribution in [0.15, 0.2) is 47.0 Å². The van der Waals surface area contributed by atoms with Crippen LogP contribution in [0.3, 0.4) is 0 Å². The molecule has 5 nitrogen and oxygen atoms in total. The first-order valence-corrected chi connectivity index (χ1v) is 9.37. The number of aryl methyl sites for hydroxylation is 1. The number of halogens is 1. The number of anilines is 1. The van der Waals surface area contributed by atoms with E-state index in [1.165, 1.54) is 23.3 Å². The molecule has 2 aromatic carbocycles. The summed E-state index contributed by atoms with van der Waals surface area (Å²) < 4.78 is 18.6. The fourth-order valence-corrected chi connectivity index (χ4v) is 4.30. The van der Waals surface area contributed by atoms with Crippen molar-refractivity contribution in [1.29, 1.82) is 0 Å². The summed E-state index contributed by atoms with van der Waals surface area (Å²) in [4.78, 5) is 17.1. The summed E-state index contributed by atoms with van der Waals surface area (Å²) in [5, 5.41) is 4.92. The lowest BCUT2D eigenvalue weighted by molar-refractivity contribution is -0.133. The maximum absolute atomic E-state index is 13.3. The van der Waals surface area contributed by atoms with Gasteiger partial charge < -0.3 is 14.3 Å². The zero-order valence-corrected chi connectivity index (χ0v) is 14.9. The van der Waals surface area contributed by atoms with E-state index in [-0.39, 0.29) is 17.6 Å². The fraction of sp³-hybridized carbons (Fsp3) is 0.333. The zero-order chi connectivity index (χ0) is 18.4. The number of hydrogen-bond donors (Lipinski definition) is 0. The summed E-state index contributed by atoms with van der Waals surface area (Å²) in [6.45, 7) is 2.71. The van der Waals surface area contributed by atoms with Crippen LogP contribution >= 0.6 is 0 Å². The molecule has 5 rings (SSSR count). The van der Waals surface area contributed by atoms with Crippen molar-refractivity contribution in [1.82, 2.24) is 10.1 Å². The van der Waals surface area contributed by atoms with E-state index < -0.39 is 0 Å². The van der Waals surface area contributed by atoms with Crippen LogP contribution in [-0.4, -0.2) is 42.1 Å². The van der Waals surface area contributed by atoms with Crippen LogP contribution in [0.25, 0.3) is 11.0 Å². The molecule has 3 aromatic rings. The minimum absolute atomic E-state index is 0.0106. The molecular weight excluding hydrogens is 345 g/mol. The summed E-state index contributed by atoms with van der Waals surface area (Å²) in [7, 11) is 0. The van der Waals surface area contributed by atoms with Crippen molar-refractivity contribution in [3.05, 3.63) is 59.4 Å². The Kier molecular flexibility index (Phi) is 3.85. The van der Waals surface area contributed by atoms with Gasteiger partial charge in [-0.1, -0.05) is 29.4 Å². The number of carbonyl (C=O) groups excluding carboxylic acids is 1. The molecule has 1 aliphatic heterocycles. The van der Waals surface area contributed by atoms with E-state index in [1.807, 2.05) is 17.0 Å². The molecule has 0 unspecified atom stereocenters. The molecule has 1 fully saturated rings. The van der Waals surface area contributed by atoms with Crippen LogP contribution < -0.4 is 4.90 Å². The van der Waals surface area contributed by atoms with E-state index in [4.69, 9.17) is 4.52 Å². The molecule has 0 bridgehead atoms. The van der Waals surface area contributed by atoms with Crippen molar-refractivity contribution in [3.8, 4) is 0 Å². The molecule has 1 aliphatic carbocycles. The number of fused-ring (bicyclic) bond motifs is 2. The second kappa shape index (κ2) is 6.37. The number of hydrogen-bond acceptors (Lipinski definition) is 4. The molecule has 0 spiro atoms. The third-order valence-corrected chi connectivity index (χ3v) is 5.74. The molecule has 0 N–H and O–H groups in total. The van der Waals surface area contributed by atoms with Gasteiger partial charge >= 0.3 is 0 Å². The first-order chi connectivity index (χ1) is 13.2. The van der Waals surface area contributed by atoms with Gasteiger partial charge in [0.1, 0.15) is 5.82 Å². The predicted molar refractivity (Wildman–Crippen MR) is 100 cm³/mol. The van der Waals surface area contributed by atoms with Crippen molar-refractivity contribution in [2.24, 2.45) is 0 Å². The maximum Gasteiger partial charge on any atom is 0.230 e. The third-order valence-electron chi connectivity index (χ3n) is 5.74. The molecule has 2 aliphatic rings. The standard InChI is InChI=1S/C21H20FN3O2/c22-15-6-8-18-19(13-15)27-23-20(18)24-9-11-25(12-10-24)21(26)17-7-5-14-3-1-2-4-16(14)17/h1-4,6,8,13,17H,5,7,9-12H2/t17-/m1/s1. The summed E-state index contributed by atoms with van der Waals surface area (Å²) in [6.07, 6.45) is 1.88. The lowest BCUT2D eigenvalue weighted by atomic mass is 9.99. The fourth-order valence-electron chi connectivity index (χ4n) is 4.30. The number of aromatic nitrogens is 1. The zero-order valence-electron chi connectivity index (χ0n) is 14.9. The van der Waals surface area contributed by atoms with E-state index in [9.17, 15) is 9.18 Å². The second-order valence-corrected chi connectivity index (χ2v) is 7.25. The van der Waals surface area contributed by atoms with E-state index in [0.29, 0.717) is 31.8 Å². The van der Waals surface area contributed by atoms with Gasteiger partial charge in [0, 0.05) is 32.2 Å². The van der Waals surface area contributed by atoms with Crippen molar-refractivity contribution in [2.45, 2.75) is 18.8 Å². The van der Waals surface area contributed by atoms with Gasteiger partial charge in [-0.3, -0.25) is 4.79 Å². The van der Waals surface area contributed by atoms with Gasteiger partial charge in [0.25, 0.3) is 0 Å². The van der Waals surface area contributed by atoms with Gasteiger partial charge in [0.05, 0.1) is 11.3 Å². The van der Waals surface area contributed by atoms with Crippen LogP contribution in [0.2, 0.25) is 0 Å². The largest absolute Gasteiger partial charge is 0.354 e. The summed E-state index contributed by atoms with van der Waals surface area (Å²) >= 11 is 0. The van der Waals surface area contributed by atoms with Gasteiger partial charge in [0.2, 0.25) is 5.91 Å². The molecule has 0 saturated carbocycles. The average molecular weight is 365 g/mol. The first-order valence-electron chi connectivity index (χ1n) is 9.37.